The highest BCUT2D eigenvalue weighted by Crippen LogP contribution is 2.35. The predicted octanol–water partition coefficient (Wildman–Crippen LogP) is 2.47. The minimum Gasteiger partial charge on any atom is -0.348 e. The largest absolute Gasteiger partial charge is 0.416 e. The number of likely N-dealkylation sites (tertiary alicyclic amines) is 2. The molecular weight excluding hydrogens is 511 g/mol. The van der Waals surface area contributed by atoms with Crippen LogP contribution >= 0.6 is 0 Å². The van der Waals surface area contributed by atoms with Crippen LogP contribution in [0.4, 0.5) is 13.2 Å². The molecule has 5 rings (SSSR count). The van der Waals surface area contributed by atoms with Crippen LogP contribution in [0, 0.1) is 0 Å². The minimum absolute atomic E-state index is 0.0110. The lowest BCUT2D eigenvalue weighted by molar-refractivity contribution is -0.137. The van der Waals surface area contributed by atoms with Gasteiger partial charge >= 0.3 is 6.18 Å². The summed E-state index contributed by atoms with van der Waals surface area (Å²) in [5, 5.41) is 3.25. The van der Waals surface area contributed by atoms with Crippen LogP contribution < -0.4 is 5.32 Å². The van der Waals surface area contributed by atoms with Gasteiger partial charge < -0.3 is 15.1 Å². The number of carbonyl (C=O) groups is 3. The smallest absolute Gasteiger partial charge is 0.348 e. The van der Waals surface area contributed by atoms with E-state index in [2.05, 4.69) is 22.2 Å². The maximum atomic E-state index is 13.4. The molecule has 11 heteroatoms. The molecule has 1 spiro atoms. The van der Waals surface area contributed by atoms with Gasteiger partial charge in [0.1, 0.15) is 6.04 Å². The minimum atomic E-state index is -4.35. The second-order valence-corrected chi connectivity index (χ2v) is 11.8. The molecule has 1 N–H and O–H groups in total. The van der Waals surface area contributed by atoms with Crippen LogP contribution in [0.2, 0.25) is 0 Å². The van der Waals surface area contributed by atoms with E-state index in [9.17, 15) is 27.6 Å². The first-order valence-corrected chi connectivity index (χ1v) is 13.9. The summed E-state index contributed by atoms with van der Waals surface area (Å²) >= 11 is 0. The van der Waals surface area contributed by atoms with Crippen LogP contribution in [-0.2, 0) is 27.1 Å². The number of amides is 3. The fourth-order valence-electron chi connectivity index (χ4n) is 6.80. The van der Waals surface area contributed by atoms with E-state index in [1.54, 1.807) is 11.8 Å². The first-order valence-electron chi connectivity index (χ1n) is 13.9. The molecule has 8 nitrogen and oxygen atoms in total. The molecule has 0 saturated carbocycles. The maximum absolute atomic E-state index is 13.4. The number of benzene rings is 1. The van der Waals surface area contributed by atoms with Gasteiger partial charge in [-0.15, -0.1) is 0 Å². The molecule has 0 unspecified atom stereocenters. The monoisotopic (exact) mass is 549 g/mol. The van der Waals surface area contributed by atoms with Gasteiger partial charge in [0.2, 0.25) is 17.7 Å². The van der Waals surface area contributed by atoms with E-state index in [1.165, 1.54) is 12.1 Å². The summed E-state index contributed by atoms with van der Waals surface area (Å²) < 4.78 is 38.6. The Morgan fingerprint density at radius 1 is 1.05 bits per heavy atom. The summed E-state index contributed by atoms with van der Waals surface area (Å²) in [6, 6.07) is 5.21. The average Bonchev–Trinajstić information content (AvgIpc) is 3.32. The molecule has 4 fully saturated rings. The number of likely N-dealkylation sites (N-methyl/N-ethyl adjacent to an activating group) is 1. The number of nitrogens with one attached hydrogen (secondary N) is 1. The van der Waals surface area contributed by atoms with Crippen molar-refractivity contribution < 1.29 is 27.6 Å². The van der Waals surface area contributed by atoms with Crippen molar-refractivity contribution in [2.45, 2.75) is 81.8 Å². The lowest BCUT2D eigenvalue weighted by Crippen LogP contribution is -2.56. The van der Waals surface area contributed by atoms with Crippen LogP contribution in [0.25, 0.3) is 0 Å². The van der Waals surface area contributed by atoms with Crippen LogP contribution in [-0.4, -0.2) is 101 Å². The van der Waals surface area contributed by atoms with Gasteiger partial charge in [-0.05, 0) is 56.8 Å². The molecule has 4 heterocycles. The predicted molar refractivity (Wildman–Crippen MR) is 138 cm³/mol. The highest BCUT2D eigenvalue weighted by Gasteiger charge is 2.50. The van der Waals surface area contributed by atoms with Crippen LogP contribution in [0.3, 0.4) is 0 Å². The number of fused-ring (bicyclic) bond motifs is 1. The van der Waals surface area contributed by atoms with E-state index >= 15 is 0 Å². The van der Waals surface area contributed by atoms with Crippen molar-refractivity contribution in [3.8, 4) is 0 Å². The first kappa shape index (κ1) is 27.9. The van der Waals surface area contributed by atoms with Crippen molar-refractivity contribution in [3.63, 3.8) is 0 Å². The maximum Gasteiger partial charge on any atom is 0.416 e. The molecule has 0 aliphatic carbocycles. The Morgan fingerprint density at radius 2 is 1.69 bits per heavy atom. The molecule has 4 aliphatic heterocycles. The quantitative estimate of drug-likeness (QED) is 0.625. The van der Waals surface area contributed by atoms with E-state index in [0.29, 0.717) is 51.5 Å². The Morgan fingerprint density at radius 3 is 2.28 bits per heavy atom. The highest BCUT2D eigenvalue weighted by molar-refractivity contribution is 5.92. The molecule has 39 heavy (non-hydrogen) atoms. The topological polar surface area (TPSA) is 76.2 Å². The number of halogens is 3. The molecule has 3 amide bonds. The Kier molecular flexibility index (Phi) is 7.67. The number of hydrogen-bond acceptors (Lipinski definition) is 5. The fraction of sp³-hybridized carbons (Fsp3) is 0.679. The van der Waals surface area contributed by atoms with Crippen LogP contribution in [0.5, 0.6) is 0 Å². The van der Waals surface area contributed by atoms with Gasteiger partial charge in [-0.1, -0.05) is 12.1 Å². The summed E-state index contributed by atoms with van der Waals surface area (Å²) in [5.74, 6) is 0.0307. The fourth-order valence-corrected chi connectivity index (χ4v) is 6.80. The molecule has 1 aromatic rings. The van der Waals surface area contributed by atoms with Gasteiger partial charge in [0.25, 0.3) is 0 Å². The number of rotatable bonds is 4. The van der Waals surface area contributed by atoms with E-state index in [0.717, 1.165) is 43.6 Å². The molecular formula is C28H38F3N5O3. The van der Waals surface area contributed by atoms with Crippen LogP contribution in [0.15, 0.2) is 24.3 Å². The third-order valence-corrected chi connectivity index (χ3v) is 9.34. The van der Waals surface area contributed by atoms with Crippen molar-refractivity contribution in [1.82, 2.24) is 24.9 Å². The third kappa shape index (κ3) is 5.94. The first-order chi connectivity index (χ1) is 18.4. The summed E-state index contributed by atoms with van der Waals surface area (Å²) in [6.45, 7) is 5.46. The number of nitrogens with zero attached hydrogens (tertiary/aromatic N) is 4. The standard InChI is InChI=1S/C28H38F3N5O3/c1-19(37)35-11-7-22(8-12-35)33(2)23-15-24-26(39)32-27(16-25(38)36(24)18-23)9-13-34(14-10-27)17-20-3-5-21(6-4-20)28(29,30)31/h3-6,22-24H,7-18H2,1-2H3,(H,32,39)/t23-,24-/m0/s1. The Hall–Kier alpha value is -2.66. The summed E-state index contributed by atoms with van der Waals surface area (Å²) in [4.78, 5) is 46.6. The lowest BCUT2D eigenvalue weighted by Gasteiger charge is -2.41. The van der Waals surface area contributed by atoms with Gasteiger partial charge in [0.05, 0.1) is 17.5 Å². The van der Waals surface area contributed by atoms with E-state index in [1.807, 2.05) is 4.90 Å². The third-order valence-electron chi connectivity index (χ3n) is 9.34. The number of carbonyl (C=O) groups excluding carboxylic acids is 3. The molecule has 0 bridgehead atoms. The highest BCUT2D eigenvalue weighted by atomic mass is 19.4. The van der Waals surface area contributed by atoms with Gasteiger partial charge in [0.15, 0.2) is 0 Å². The van der Waals surface area contributed by atoms with Crippen molar-refractivity contribution in [3.05, 3.63) is 35.4 Å². The van der Waals surface area contributed by atoms with E-state index < -0.39 is 23.3 Å². The molecule has 1 aromatic carbocycles. The van der Waals surface area contributed by atoms with Crippen LogP contribution in [0.1, 0.15) is 56.6 Å². The van der Waals surface area contributed by atoms with Crippen molar-refractivity contribution in [1.29, 1.82) is 0 Å². The molecule has 214 valence electrons. The average molecular weight is 550 g/mol. The number of hydrogen-bond donors (Lipinski definition) is 1. The molecule has 0 radical (unpaired) electrons. The number of piperidine rings is 2. The Balaban J connectivity index is 1.15. The molecule has 4 aliphatic rings. The molecule has 2 atom stereocenters. The summed E-state index contributed by atoms with van der Waals surface area (Å²) in [5.41, 5.74) is -0.422. The normalized spacial score (nSPS) is 26.6. The zero-order valence-corrected chi connectivity index (χ0v) is 22.7. The van der Waals surface area contributed by atoms with Crippen molar-refractivity contribution in [2.24, 2.45) is 0 Å². The zero-order valence-electron chi connectivity index (χ0n) is 22.7. The van der Waals surface area contributed by atoms with Gasteiger partial charge in [-0.3, -0.25) is 24.2 Å². The SMILES string of the molecule is CC(=O)N1CCC(N(C)[C@H]2C[C@H]3C(=O)NC4(CCN(Cc5ccc(C(F)(F)F)cc5)CC4)CC(=O)N3C2)CC1. The van der Waals surface area contributed by atoms with Gasteiger partial charge in [-0.2, -0.15) is 13.2 Å². The van der Waals surface area contributed by atoms with E-state index in [4.69, 9.17) is 0 Å². The molecule has 4 saturated heterocycles. The lowest BCUT2D eigenvalue weighted by atomic mass is 9.83. The Labute approximate surface area is 227 Å². The van der Waals surface area contributed by atoms with Gasteiger partial charge in [-0.25, -0.2) is 0 Å². The Bertz CT molecular complexity index is 1050. The van der Waals surface area contributed by atoms with Gasteiger partial charge in [0, 0.05) is 58.3 Å². The zero-order chi connectivity index (χ0) is 27.9. The molecule has 0 aromatic heterocycles. The summed E-state index contributed by atoms with van der Waals surface area (Å²) in [7, 11) is 2.07. The second kappa shape index (κ2) is 10.7. The van der Waals surface area contributed by atoms with Crippen molar-refractivity contribution >= 4 is 17.7 Å². The second-order valence-electron chi connectivity index (χ2n) is 11.8. The number of alkyl halides is 3. The van der Waals surface area contributed by atoms with Crippen molar-refractivity contribution in [2.75, 3.05) is 39.8 Å². The summed E-state index contributed by atoms with van der Waals surface area (Å²) in [6.07, 6.45) is -0.424. The van der Waals surface area contributed by atoms with E-state index in [-0.39, 0.29) is 30.2 Å².